The molecule has 2 aromatic rings. The highest BCUT2D eigenvalue weighted by Crippen LogP contribution is 2.28. The molecule has 0 bridgehead atoms. The zero-order valence-corrected chi connectivity index (χ0v) is 11.1. The van der Waals surface area contributed by atoms with Crippen molar-refractivity contribution in [2.75, 3.05) is 5.73 Å². The van der Waals surface area contributed by atoms with Gasteiger partial charge in [0.2, 0.25) is 0 Å². The molecular weight excluding hydrogens is 296 g/mol. The third kappa shape index (κ3) is 2.76. The van der Waals surface area contributed by atoms with E-state index in [0.29, 0.717) is 17.1 Å². The molecule has 0 atom stereocenters. The standard InChI is InChI=1S/C12H9BrN4O/c1-7-4-9(6-14)17-12(16-7)18-11-3-2-8(13)5-10(11)15/h2-5H,15H2,1H3. The molecule has 0 spiro atoms. The molecule has 0 radical (unpaired) electrons. The van der Waals surface area contributed by atoms with Crippen LogP contribution < -0.4 is 10.5 Å². The van der Waals surface area contributed by atoms with E-state index in [1.165, 1.54) is 0 Å². The number of ether oxygens (including phenoxy) is 1. The molecule has 1 aromatic carbocycles. The van der Waals surface area contributed by atoms with E-state index in [4.69, 9.17) is 15.7 Å². The van der Waals surface area contributed by atoms with Gasteiger partial charge >= 0.3 is 6.01 Å². The minimum Gasteiger partial charge on any atom is -0.422 e. The Bertz CT molecular complexity index is 636. The number of anilines is 1. The minimum atomic E-state index is 0.112. The monoisotopic (exact) mass is 304 g/mol. The van der Waals surface area contributed by atoms with E-state index in [-0.39, 0.29) is 11.7 Å². The number of nitrogens with two attached hydrogens (primary N) is 1. The zero-order valence-electron chi connectivity index (χ0n) is 9.51. The Hall–Kier alpha value is -2.13. The molecule has 0 saturated carbocycles. The Labute approximate surface area is 112 Å². The van der Waals surface area contributed by atoms with Crippen LogP contribution in [0.4, 0.5) is 5.69 Å². The van der Waals surface area contributed by atoms with Gasteiger partial charge in [0.1, 0.15) is 11.8 Å². The van der Waals surface area contributed by atoms with Crippen molar-refractivity contribution in [3.05, 3.63) is 40.1 Å². The maximum Gasteiger partial charge on any atom is 0.323 e. The zero-order chi connectivity index (χ0) is 13.1. The van der Waals surface area contributed by atoms with E-state index in [2.05, 4.69) is 25.9 Å². The number of rotatable bonds is 2. The first kappa shape index (κ1) is 12.3. The minimum absolute atomic E-state index is 0.112. The molecule has 0 saturated heterocycles. The molecule has 2 N–H and O–H groups in total. The summed E-state index contributed by atoms with van der Waals surface area (Å²) in [6.45, 7) is 1.76. The van der Waals surface area contributed by atoms with E-state index < -0.39 is 0 Å². The van der Waals surface area contributed by atoms with Crippen LogP contribution >= 0.6 is 15.9 Å². The van der Waals surface area contributed by atoms with Gasteiger partial charge in [-0.2, -0.15) is 10.2 Å². The van der Waals surface area contributed by atoms with E-state index >= 15 is 0 Å². The van der Waals surface area contributed by atoms with Crippen LogP contribution in [0, 0.1) is 18.3 Å². The predicted molar refractivity (Wildman–Crippen MR) is 70.1 cm³/mol. The Morgan fingerprint density at radius 1 is 1.33 bits per heavy atom. The second-order valence-corrected chi connectivity index (χ2v) is 4.49. The summed E-state index contributed by atoms with van der Waals surface area (Å²) in [4.78, 5) is 8.04. The molecule has 6 heteroatoms. The molecular formula is C12H9BrN4O. The van der Waals surface area contributed by atoms with E-state index in [9.17, 15) is 0 Å². The summed E-state index contributed by atoms with van der Waals surface area (Å²) in [5.41, 5.74) is 7.19. The molecule has 2 rings (SSSR count). The normalized spacial score (nSPS) is 9.83. The predicted octanol–water partition coefficient (Wildman–Crippen LogP) is 2.79. The van der Waals surface area contributed by atoms with Crippen molar-refractivity contribution < 1.29 is 4.74 Å². The summed E-state index contributed by atoms with van der Waals surface area (Å²) in [6, 6.07) is 8.86. The van der Waals surface area contributed by atoms with E-state index in [0.717, 1.165) is 4.47 Å². The second kappa shape index (κ2) is 5.02. The summed E-state index contributed by atoms with van der Waals surface area (Å²) in [6.07, 6.45) is 0. The lowest BCUT2D eigenvalue weighted by Crippen LogP contribution is -1.98. The number of nitriles is 1. The first-order valence-corrected chi connectivity index (χ1v) is 5.86. The fraction of sp³-hybridized carbons (Fsp3) is 0.0833. The van der Waals surface area contributed by atoms with Crippen LogP contribution in [0.5, 0.6) is 11.8 Å². The third-order valence-corrected chi connectivity index (χ3v) is 2.61. The SMILES string of the molecule is Cc1cc(C#N)nc(Oc2ccc(Br)cc2N)n1. The van der Waals surface area contributed by atoms with Crippen LogP contribution in [-0.4, -0.2) is 9.97 Å². The van der Waals surface area contributed by atoms with E-state index in [1.807, 2.05) is 6.07 Å². The number of aromatic nitrogens is 2. The summed E-state index contributed by atoms with van der Waals surface area (Å²) < 4.78 is 6.32. The van der Waals surface area contributed by atoms with Crippen LogP contribution in [0.15, 0.2) is 28.7 Å². The molecule has 0 aliphatic rings. The average Bonchev–Trinajstić information content (AvgIpc) is 2.32. The highest BCUT2D eigenvalue weighted by molar-refractivity contribution is 9.10. The smallest absolute Gasteiger partial charge is 0.323 e. The van der Waals surface area contributed by atoms with Crippen LogP contribution in [0.25, 0.3) is 0 Å². The van der Waals surface area contributed by atoms with E-state index in [1.54, 1.807) is 31.2 Å². The van der Waals surface area contributed by atoms with Crippen molar-refractivity contribution >= 4 is 21.6 Å². The summed E-state index contributed by atoms with van der Waals surface area (Å²) >= 11 is 3.31. The number of aryl methyl sites for hydroxylation is 1. The Kier molecular flexibility index (Phi) is 3.44. The van der Waals surface area contributed by atoms with Crippen LogP contribution in [-0.2, 0) is 0 Å². The first-order valence-electron chi connectivity index (χ1n) is 5.07. The van der Waals surface area contributed by atoms with Crippen LogP contribution in [0.2, 0.25) is 0 Å². The summed E-state index contributed by atoms with van der Waals surface area (Å²) in [5, 5.41) is 8.82. The summed E-state index contributed by atoms with van der Waals surface area (Å²) in [5.74, 6) is 0.452. The molecule has 0 fully saturated rings. The molecule has 1 aromatic heterocycles. The number of hydrogen-bond donors (Lipinski definition) is 1. The quantitative estimate of drug-likeness (QED) is 0.862. The Balaban J connectivity index is 2.34. The summed E-state index contributed by atoms with van der Waals surface area (Å²) in [7, 11) is 0. The van der Waals surface area contributed by atoms with Crippen molar-refractivity contribution in [3.63, 3.8) is 0 Å². The van der Waals surface area contributed by atoms with Gasteiger partial charge in [0.15, 0.2) is 5.75 Å². The van der Waals surface area contributed by atoms with Gasteiger partial charge in [-0.1, -0.05) is 15.9 Å². The lowest BCUT2D eigenvalue weighted by molar-refractivity contribution is 0.441. The largest absolute Gasteiger partial charge is 0.422 e. The molecule has 0 unspecified atom stereocenters. The topological polar surface area (TPSA) is 84.8 Å². The van der Waals surface area contributed by atoms with Gasteiger partial charge in [-0.25, -0.2) is 4.98 Å². The first-order chi connectivity index (χ1) is 8.58. The lowest BCUT2D eigenvalue weighted by atomic mass is 10.3. The Morgan fingerprint density at radius 3 is 2.78 bits per heavy atom. The maximum atomic E-state index is 8.82. The van der Waals surface area contributed by atoms with Crippen LogP contribution in [0.1, 0.15) is 11.4 Å². The molecule has 18 heavy (non-hydrogen) atoms. The fourth-order valence-corrected chi connectivity index (χ4v) is 1.73. The number of benzene rings is 1. The van der Waals surface area contributed by atoms with Gasteiger partial charge in [0.25, 0.3) is 0 Å². The van der Waals surface area contributed by atoms with Crippen LogP contribution in [0.3, 0.4) is 0 Å². The lowest BCUT2D eigenvalue weighted by Gasteiger charge is -2.07. The highest BCUT2D eigenvalue weighted by atomic mass is 79.9. The molecule has 0 aliphatic heterocycles. The van der Waals surface area contributed by atoms with Crippen molar-refractivity contribution in [1.82, 2.24) is 9.97 Å². The Morgan fingerprint density at radius 2 is 2.11 bits per heavy atom. The second-order valence-electron chi connectivity index (χ2n) is 3.57. The average molecular weight is 305 g/mol. The van der Waals surface area contributed by atoms with Crippen molar-refractivity contribution in [2.24, 2.45) is 0 Å². The van der Waals surface area contributed by atoms with Gasteiger partial charge in [-0.05, 0) is 31.2 Å². The van der Waals surface area contributed by atoms with Gasteiger partial charge in [-0.3, -0.25) is 0 Å². The van der Waals surface area contributed by atoms with Gasteiger partial charge in [0, 0.05) is 10.2 Å². The van der Waals surface area contributed by atoms with Crippen molar-refractivity contribution in [1.29, 1.82) is 5.26 Å². The van der Waals surface area contributed by atoms with Crippen molar-refractivity contribution in [2.45, 2.75) is 6.92 Å². The number of nitrogens with zero attached hydrogens (tertiary/aromatic N) is 3. The molecule has 0 amide bonds. The maximum absolute atomic E-state index is 8.82. The number of nitrogen functional groups attached to an aromatic ring is 1. The third-order valence-electron chi connectivity index (χ3n) is 2.12. The molecule has 90 valence electrons. The highest BCUT2D eigenvalue weighted by Gasteiger charge is 2.07. The van der Waals surface area contributed by atoms with Gasteiger partial charge in [0.05, 0.1) is 5.69 Å². The molecule has 5 nitrogen and oxygen atoms in total. The number of hydrogen-bond acceptors (Lipinski definition) is 5. The molecule has 1 heterocycles. The molecule has 0 aliphatic carbocycles. The van der Waals surface area contributed by atoms with Crippen molar-refractivity contribution in [3.8, 4) is 17.8 Å². The van der Waals surface area contributed by atoms with Gasteiger partial charge < -0.3 is 10.5 Å². The van der Waals surface area contributed by atoms with Gasteiger partial charge in [-0.15, -0.1) is 0 Å². The fourth-order valence-electron chi connectivity index (χ4n) is 1.35. The number of halogens is 1.